The van der Waals surface area contributed by atoms with E-state index in [1.807, 2.05) is 6.92 Å². The van der Waals surface area contributed by atoms with Crippen LogP contribution < -0.4 is 15.8 Å². The minimum atomic E-state index is -0.545. The van der Waals surface area contributed by atoms with Crippen molar-refractivity contribution in [1.29, 1.82) is 0 Å². The van der Waals surface area contributed by atoms with Gasteiger partial charge in [0.2, 0.25) is 11.8 Å². The van der Waals surface area contributed by atoms with Crippen molar-refractivity contribution in [3.63, 3.8) is 0 Å². The minimum absolute atomic E-state index is 0.328. The molecule has 1 aromatic heterocycles. The first-order chi connectivity index (χ1) is 10.0. The van der Waals surface area contributed by atoms with Crippen LogP contribution in [-0.2, 0) is 11.8 Å². The van der Waals surface area contributed by atoms with Gasteiger partial charge in [0.05, 0.1) is 18.4 Å². The van der Waals surface area contributed by atoms with E-state index in [0.717, 1.165) is 24.1 Å². The normalized spacial score (nSPS) is 18.2. The van der Waals surface area contributed by atoms with Crippen molar-refractivity contribution in [2.45, 2.75) is 57.5 Å². The van der Waals surface area contributed by atoms with Crippen molar-refractivity contribution in [2.75, 3.05) is 7.11 Å². The van der Waals surface area contributed by atoms with Gasteiger partial charge >= 0.3 is 0 Å². The summed E-state index contributed by atoms with van der Waals surface area (Å²) < 4.78 is 7.04. The molecule has 2 rings (SSSR count). The second kappa shape index (κ2) is 6.93. The Labute approximate surface area is 126 Å². The molecule has 118 valence electrons. The highest BCUT2D eigenvalue weighted by atomic mass is 16.5. The number of methoxy groups -OCH3 is 1. The molecule has 1 atom stereocenters. The first-order valence-corrected chi connectivity index (χ1v) is 7.67. The lowest BCUT2D eigenvalue weighted by Gasteiger charge is -2.23. The first kappa shape index (κ1) is 15.8. The lowest BCUT2D eigenvalue weighted by Crippen LogP contribution is -2.40. The van der Waals surface area contributed by atoms with E-state index >= 15 is 0 Å². The van der Waals surface area contributed by atoms with Crippen molar-refractivity contribution in [2.24, 2.45) is 12.8 Å². The van der Waals surface area contributed by atoms with Crippen LogP contribution in [0.1, 0.15) is 55.8 Å². The van der Waals surface area contributed by atoms with E-state index < -0.39 is 6.04 Å². The largest absolute Gasteiger partial charge is 0.481 e. The Morgan fingerprint density at radius 1 is 1.38 bits per heavy atom. The van der Waals surface area contributed by atoms with Crippen LogP contribution in [0, 0.1) is 6.92 Å². The summed E-state index contributed by atoms with van der Waals surface area (Å²) in [5.74, 6) is 0.214. The third kappa shape index (κ3) is 3.56. The Bertz CT molecular complexity index is 490. The first-order valence-electron chi connectivity index (χ1n) is 7.67. The van der Waals surface area contributed by atoms with Crippen LogP contribution in [0.5, 0.6) is 5.88 Å². The molecule has 1 heterocycles. The average molecular weight is 294 g/mol. The molecular formula is C15H26N4O2. The third-order valence-electron chi connectivity index (χ3n) is 4.24. The van der Waals surface area contributed by atoms with Gasteiger partial charge in [-0.05, 0) is 19.8 Å². The highest BCUT2D eigenvalue weighted by Crippen LogP contribution is 2.29. The molecule has 0 radical (unpaired) electrons. The SMILES string of the molecule is COc1c(C(NC2CCCCCC2)C(N)=O)c(C)nn1C. The number of primary amides is 1. The molecule has 1 saturated carbocycles. The van der Waals surface area contributed by atoms with Crippen LogP contribution in [-0.4, -0.2) is 28.8 Å². The highest BCUT2D eigenvalue weighted by Gasteiger charge is 2.29. The van der Waals surface area contributed by atoms with Gasteiger partial charge < -0.3 is 10.5 Å². The number of nitrogens with zero attached hydrogens (tertiary/aromatic N) is 2. The van der Waals surface area contributed by atoms with Gasteiger partial charge in [-0.25, -0.2) is 4.68 Å². The Balaban J connectivity index is 2.24. The van der Waals surface area contributed by atoms with E-state index in [-0.39, 0.29) is 5.91 Å². The maximum atomic E-state index is 12.0. The number of amides is 1. The summed E-state index contributed by atoms with van der Waals surface area (Å²) in [5, 5.41) is 7.77. The number of nitrogens with two attached hydrogens (primary N) is 1. The van der Waals surface area contributed by atoms with Gasteiger partial charge in [0.25, 0.3) is 0 Å². The summed E-state index contributed by atoms with van der Waals surface area (Å²) >= 11 is 0. The molecule has 0 aliphatic heterocycles. The second-order valence-corrected chi connectivity index (χ2v) is 5.82. The molecule has 1 unspecified atom stereocenters. The van der Waals surface area contributed by atoms with Crippen molar-refractivity contribution >= 4 is 5.91 Å². The number of aromatic nitrogens is 2. The fourth-order valence-corrected chi connectivity index (χ4v) is 3.22. The van der Waals surface area contributed by atoms with E-state index in [1.165, 1.54) is 25.7 Å². The molecule has 0 aromatic carbocycles. The number of aryl methyl sites for hydroxylation is 2. The summed E-state index contributed by atoms with van der Waals surface area (Å²) in [4.78, 5) is 12.0. The number of carbonyl (C=O) groups excluding carboxylic acids is 1. The summed E-state index contributed by atoms with van der Waals surface area (Å²) in [5.41, 5.74) is 7.17. The molecule has 1 fully saturated rings. The third-order valence-corrected chi connectivity index (χ3v) is 4.24. The van der Waals surface area contributed by atoms with Gasteiger partial charge in [-0.3, -0.25) is 10.1 Å². The lowest BCUT2D eigenvalue weighted by molar-refractivity contribution is -0.120. The van der Waals surface area contributed by atoms with Crippen LogP contribution in [0.4, 0.5) is 0 Å². The Kier molecular flexibility index (Phi) is 5.22. The molecule has 0 spiro atoms. The molecule has 1 aliphatic carbocycles. The number of hydrogen-bond acceptors (Lipinski definition) is 4. The summed E-state index contributed by atoms with van der Waals surface area (Å²) in [6, 6.07) is -0.217. The van der Waals surface area contributed by atoms with Gasteiger partial charge in [-0.2, -0.15) is 5.10 Å². The molecule has 3 N–H and O–H groups in total. The van der Waals surface area contributed by atoms with E-state index in [9.17, 15) is 4.79 Å². The predicted octanol–water partition coefficient (Wildman–Crippen LogP) is 1.58. The second-order valence-electron chi connectivity index (χ2n) is 5.82. The number of rotatable bonds is 5. The zero-order chi connectivity index (χ0) is 15.4. The molecule has 21 heavy (non-hydrogen) atoms. The molecule has 0 bridgehead atoms. The van der Waals surface area contributed by atoms with Gasteiger partial charge in [-0.1, -0.05) is 25.7 Å². The Hall–Kier alpha value is -1.56. The maximum absolute atomic E-state index is 12.0. The molecular weight excluding hydrogens is 268 g/mol. The predicted molar refractivity (Wildman–Crippen MR) is 81.1 cm³/mol. The highest BCUT2D eigenvalue weighted by molar-refractivity contribution is 5.82. The van der Waals surface area contributed by atoms with Crippen molar-refractivity contribution < 1.29 is 9.53 Å². The monoisotopic (exact) mass is 294 g/mol. The zero-order valence-electron chi connectivity index (χ0n) is 13.2. The fourth-order valence-electron chi connectivity index (χ4n) is 3.22. The van der Waals surface area contributed by atoms with Gasteiger partial charge in [0.1, 0.15) is 6.04 Å². The number of hydrogen-bond donors (Lipinski definition) is 2. The van der Waals surface area contributed by atoms with E-state index in [1.54, 1.807) is 18.8 Å². The fraction of sp³-hybridized carbons (Fsp3) is 0.733. The van der Waals surface area contributed by atoms with E-state index in [0.29, 0.717) is 11.9 Å². The smallest absolute Gasteiger partial charge is 0.239 e. The average Bonchev–Trinajstić information content (AvgIpc) is 2.62. The Morgan fingerprint density at radius 3 is 2.52 bits per heavy atom. The maximum Gasteiger partial charge on any atom is 0.239 e. The van der Waals surface area contributed by atoms with Crippen LogP contribution in [0.25, 0.3) is 0 Å². The zero-order valence-corrected chi connectivity index (χ0v) is 13.2. The van der Waals surface area contributed by atoms with Crippen molar-refractivity contribution in [1.82, 2.24) is 15.1 Å². The molecule has 0 saturated heterocycles. The van der Waals surface area contributed by atoms with Crippen LogP contribution in [0.2, 0.25) is 0 Å². The molecule has 1 amide bonds. The molecule has 1 aromatic rings. The standard InChI is InChI=1S/C15H26N4O2/c1-10-12(15(21-3)19(2)18-10)13(14(16)20)17-11-8-6-4-5-7-9-11/h11,13,17H,4-9H2,1-3H3,(H2,16,20). The topological polar surface area (TPSA) is 82.2 Å². The van der Waals surface area contributed by atoms with Gasteiger partial charge in [0.15, 0.2) is 0 Å². The number of carbonyl (C=O) groups is 1. The van der Waals surface area contributed by atoms with Gasteiger partial charge in [0, 0.05) is 13.1 Å². The summed E-state index contributed by atoms with van der Waals surface area (Å²) in [6.07, 6.45) is 7.12. The van der Waals surface area contributed by atoms with Crippen molar-refractivity contribution in [3.05, 3.63) is 11.3 Å². The Morgan fingerprint density at radius 2 is 2.00 bits per heavy atom. The van der Waals surface area contributed by atoms with Gasteiger partial charge in [-0.15, -0.1) is 0 Å². The van der Waals surface area contributed by atoms with Crippen molar-refractivity contribution in [3.8, 4) is 5.88 Å². The summed E-state index contributed by atoms with van der Waals surface area (Å²) in [7, 11) is 3.39. The van der Waals surface area contributed by atoms with Crippen LogP contribution in [0.3, 0.4) is 0 Å². The van der Waals surface area contributed by atoms with E-state index in [4.69, 9.17) is 10.5 Å². The molecule has 1 aliphatic rings. The van der Waals surface area contributed by atoms with Crippen LogP contribution in [0.15, 0.2) is 0 Å². The van der Waals surface area contributed by atoms with E-state index in [2.05, 4.69) is 10.4 Å². The number of nitrogens with one attached hydrogen (secondary N) is 1. The lowest BCUT2D eigenvalue weighted by atomic mass is 10.0. The number of ether oxygens (including phenoxy) is 1. The summed E-state index contributed by atoms with van der Waals surface area (Å²) in [6.45, 7) is 1.88. The van der Waals surface area contributed by atoms with Crippen LogP contribution >= 0.6 is 0 Å². The molecule has 6 nitrogen and oxygen atoms in total. The quantitative estimate of drug-likeness (QED) is 0.808. The molecule has 6 heteroatoms. The minimum Gasteiger partial charge on any atom is -0.481 e.